The minimum Gasteiger partial charge on any atom is -0.494 e. The van der Waals surface area contributed by atoms with E-state index < -0.39 is 12.0 Å². The summed E-state index contributed by atoms with van der Waals surface area (Å²) in [6.45, 7) is 6.53. The summed E-state index contributed by atoms with van der Waals surface area (Å²) >= 11 is 0. The number of hydrogen-bond acceptors (Lipinski definition) is 5. The molecule has 0 radical (unpaired) electrons. The molecule has 1 aromatic carbocycles. The number of ether oxygens (including phenoxy) is 1. The molecule has 146 valence electrons. The number of rotatable bonds is 8. The number of carboxylic acids is 1. The first kappa shape index (κ1) is 19.4. The quantitative estimate of drug-likeness (QED) is 0.766. The Morgan fingerprint density at radius 2 is 2.07 bits per heavy atom. The maximum absolute atomic E-state index is 12.0. The van der Waals surface area contributed by atoms with Gasteiger partial charge in [-0.2, -0.15) is 0 Å². The van der Waals surface area contributed by atoms with Crippen molar-refractivity contribution in [2.75, 3.05) is 32.8 Å². The molecule has 7 nitrogen and oxygen atoms in total. The van der Waals surface area contributed by atoms with Gasteiger partial charge in [-0.3, -0.25) is 14.6 Å². The number of aliphatic carboxylic acids is 1. The van der Waals surface area contributed by atoms with Crippen LogP contribution in [0.4, 0.5) is 0 Å². The minimum atomic E-state index is -0.819. The molecule has 0 aliphatic carbocycles. The molecule has 1 saturated heterocycles. The lowest BCUT2D eigenvalue weighted by Gasteiger charge is -2.37. The molecular formula is C20H28N4O3. The van der Waals surface area contributed by atoms with Gasteiger partial charge in [0.1, 0.15) is 17.6 Å². The molecule has 2 heterocycles. The van der Waals surface area contributed by atoms with Gasteiger partial charge in [0.25, 0.3) is 0 Å². The van der Waals surface area contributed by atoms with Crippen LogP contribution in [0.1, 0.15) is 30.8 Å². The van der Waals surface area contributed by atoms with Gasteiger partial charge in [-0.1, -0.05) is 19.1 Å². The van der Waals surface area contributed by atoms with Crippen molar-refractivity contribution in [2.45, 2.75) is 25.9 Å². The lowest BCUT2D eigenvalue weighted by atomic mass is 10.0. The van der Waals surface area contributed by atoms with Crippen molar-refractivity contribution < 1.29 is 14.6 Å². The Bertz CT molecular complexity index is 753. The molecule has 1 aliphatic heterocycles. The zero-order valence-electron chi connectivity index (χ0n) is 16.0. The second-order valence-corrected chi connectivity index (χ2v) is 6.93. The van der Waals surface area contributed by atoms with E-state index in [4.69, 9.17) is 4.74 Å². The van der Waals surface area contributed by atoms with E-state index in [1.807, 2.05) is 53.9 Å². The Kier molecular flexibility index (Phi) is 6.47. The van der Waals surface area contributed by atoms with Crippen molar-refractivity contribution in [3.63, 3.8) is 0 Å². The maximum atomic E-state index is 12.0. The Morgan fingerprint density at radius 3 is 2.70 bits per heavy atom. The topological polar surface area (TPSA) is 70.8 Å². The highest BCUT2D eigenvalue weighted by molar-refractivity contribution is 5.75. The van der Waals surface area contributed by atoms with Crippen LogP contribution in [-0.2, 0) is 18.4 Å². The van der Waals surface area contributed by atoms with Crippen LogP contribution in [0.3, 0.4) is 0 Å². The van der Waals surface area contributed by atoms with Gasteiger partial charge >= 0.3 is 5.97 Å². The van der Waals surface area contributed by atoms with Gasteiger partial charge in [0.2, 0.25) is 0 Å². The first-order valence-corrected chi connectivity index (χ1v) is 9.46. The van der Waals surface area contributed by atoms with Crippen molar-refractivity contribution in [1.82, 2.24) is 19.4 Å². The fraction of sp³-hybridized carbons (Fsp3) is 0.500. The summed E-state index contributed by atoms with van der Waals surface area (Å²) in [5.74, 6) is 0.938. The molecule has 1 N–H and O–H groups in total. The molecule has 1 fully saturated rings. The molecule has 2 aromatic rings. The molecule has 3 rings (SSSR count). The van der Waals surface area contributed by atoms with Crippen LogP contribution in [-0.4, -0.2) is 63.2 Å². The molecule has 0 saturated carbocycles. The maximum Gasteiger partial charge on any atom is 0.325 e. The van der Waals surface area contributed by atoms with E-state index >= 15 is 0 Å². The molecular weight excluding hydrogens is 344 g/mol. The van der Waals surface area contributed by atoms with Crippen LogP contribution in [0.5, 0.6) is 5.75 Å². The van der Waals surface area contributed by atoms with Crippen LogP contribution in [0.2, 0.25) is 0 Å². The third kappa shape index (κ3) is 4.87. The predicted octanol–water partition coefficient (Wildman–Crippen LogP) is 2.15. The number of carboxylic acid groups (broad SMARTS) is 1. The Balaban J connectivity index is 1.65. The third-order valence-electron chi connectivity index (χ3n) is 4.94. The van der Waals surface area contributed by atoms with Crippen LogP contribution < -0.4 is 4.74 Å². The summed E-state index contributed by atoms with van der Waals surface area (Å²) in [5, 5.41) is 9.85. The highest BCUT2D eigenvalue weighted by Crippen LogP contribution is 2.26. The number of piperazine rings is 1. The van der Waals surface area contributed by atoms with Gasteiger partial charge in [-0.25, -0.2) is 4.98 Å². The Hall–Kier alpha value is -2.38. The summed E-state index contributed by atoms with van der Waals surface area (Å²) in [6, 6.07) is 6.83. The van der Waals surface area contributed by atoms with E-state index in [0.29, 0.717) is 19.7 Å². The Labute approximate surface area is 160 Å². The molecule has 1 atom stereocenters. The summed E-state index contributed by atoms with van der Waals surface area (Å²) < 4.78 is 7.69. The highest BCUT2D eigenvalue weighted by atomic mass is 16.5. The predicted molar refractivity (Wildman–Crippen MR) is 103 cm³/mol. The van der Waals surface area contributed by atoms with Gasteiger partial charge in [-0.15, -0.1) is 0 Å². The summed E-state index contributed by atoms with van der Waals surface area (Å²) in [5.41, 5.74) is 0.772. The van der Waals surface area contributed by atoms with E-state index in [0.717, 1.165) is 43.2 Å². The Morgan fingerprint density at radius 1 is 1.30 bits per heavy atom. The summed E-state index contributed by atoms with van der Waals surface area (Å²) in [7, 11) is 1.99. The fourth-order valence-corrected chi connectivity index (χ4v) is 3.43. The van der Waals surface area contributed by atoms with Crippen LogP contribution in [0, 0.1) is 0 Å². The molecule has 27 heavy (non-hydrogen) atoms. The van der Waals surface area contributed by atoms with Crippen LogP contribution in [0.25, 0.3) is 0 Å². The molecule has 7 heteroatoms. The highest BCUT2D eigenvalue weighted by Gasteiger charge is 2.30. The second-order valence-electron chi connectivity index (χ2n) is 6.93. The molecule has 0 spiro atoms. The second kappa shape index (κ2) is 9.01. The van der Waals surface area contributed by atoms with E-state index in [1.165, 1.54) is 0 Å². The fourth-order valence-electron chi connectivity index (χ4n) is 3.43. The average molecular weight is 372 g/mol. The molecule has 1 unspecified atom stereocenters. The van der Waals surface area contributed by atoms with E-state index in [1.54, 1.807) is 6.20 Å². The zero-order valence-corrected chi connectivity index (χ0v) is 16.0. The van der Waals surface area contributed by atoms with Crippen molar-refractivity contribution in [3.8, 4) is 5.75 Å². The number of aryl methyl sites for hydroxylation is 1. The van der Waals surface area contributed by atoms with E-state index in [-0.39, 0.29) is 0 Å². The standard InChI is InChI=1S/C20H28N4O3/c1-3-13-27-17-6-4-5-16(14-17)19(20(25)26)24-11-9-23(10-12-24)15-18-21-7-8-22(18)2/h4-8,14,19H,3,9-13,15H2,1-2H3,(H,25,26). The van der Waals surface area contributed by atoms with E-state index in [2.05, 4.69) is 9.88 Å². The summed E-state index contributed by atoms with van der Waals surface area (Å²) in [4.78, 5) is 20.7. The largest absolute Gasteiger partial charge is 0.494 e. The number of nitrogens with zero attached hydrogens (tertiary/aromatic N) is 4. The van der Waals surface area contributed by atoms with Crippen LogP contribution >= 0.6 is 0 Å². The normalized spacial score (nSPS) is 17.0. The van der Waals surface area contributed by atoms with Gasteiger partial charge in [0.15, 0.2) is 0 Å². The van der Waals surface area contributed by atoms with Gasteiger partial charge in [0, 0.05) is 45.6 Å². The monoisotopic (exact) mass is 372 g/mol. The third-order valence-corrected chi connectivity index (χ3v) is 4.94. The minimum absolute atomic E-state index is 0.632. The molecule has 1 aliphatic rings. The number of hydrogen-bond donors (Lipinski definition) is 1. The van der Waals surface area contributed by atoms with Crippen molar-refractivity contribution in [2.24, 2.45) is 7.05 Å². The molecule has 0 amide bonds. The molecule has 0 bridgehead atoms. The van der Waals surface area contributed by atoms with Gasteiger partial charge < -0.3 is 14.4 Å². The lowest BCUT2D eigenvalue weighted by Crippen LogP contribution is -2.49. The van der Waals surface area contributed by atoms with E-state index in [9.17, 15) is 9.90 Å². The number of aromatic nitrogens is 2. The first-order valence-electron chi connectivity index (χ1n) is 9.46. The van der Waals surface area contributed by atoms with Crippen molar-refractivity contribution in [3.05, 3.63) is 48.0 Å². The SMILES string of the molecule is CCCOc1cccc(C(C(=O)O)N2CCN(Cc3nccn3C)CC2)c1. The van der Waals surface area contributed by atoms with Gasteiger partial charge in [-0.05, 0) is 24.1 Å². The van der Waals surface area contributed by atoms with Crippen LogP contribution in [0.15, 0.2) is 36.7 Å². The lowest BCUT2D eigenvalue weighted by molar-refractivity contribution is -0.144. The first-order chi connectivity index (χ1) is 13.1. The summed E-state index contributed by atoms with van der Waals surface area (Å²) in [6.07, 6.45) is 4.67. The van der Waals surface area contributed by atoms with Gasteiger partial charge in [0.05, 0.1) is 13.2 Å². The number of carbonyl (C=O) groups is 1. The smallest absolute Gasteiger partial charge is 0.325 e. The van der Waals surface area contributed by atoms with Crippen molar-refractivity contribution in [1.29, 1.82) is 0 Å². The number of imidazole rings is 1. The van der Waals surface area contributed by atoms with Crippen molar-refractivity contribution >= 4 is 5.97 Å². The average Bonchev–Trinajstić information content (AvgIpc) is 3.06. The molecule has 1 aromatic heterocycles. The zero-order chi connectivity index (χ0) is 19.2. The number of benzene rings is 1.